The summed E-state index contributed by atoms with van der Waals surface area (Å²) in [6, 6.07) is 0. The van der Waals surface area contributed by atoms with Crippen LogP contribution in [0.15, 0.2) is 25.4 Å². The van der Waals surface area contributed by atoms with E-state index >= 15 is 0 Å². The summed E-state index contributed by atoms with van der Waals surface area (Å²) in [5.41, 5.74) is 0. The van der Waals surface area contributed by atoms with E-state index in [0.717, 1.165) is 0 Å². The zero-order valence-electron chi connectivity index (χ0n) is 4.68. The van der Waals surface area contributed by atoms with Crippen molar-refractivity contribution < 1.29 is 4.79 Å². The Morgan fingerprint density at radius 1 is 1.62 bits per heavy atom. The van der Waals surface area contributed by atoms with Crippen molar-refractivity contribution in [1.82, 2.24) is 5.32 Å². The summed E-state index contributed by atoms with van der Waals surface area (Å²) in [7, 11) is 0. The molecule has 1 aliphatic heterocycles. The molecular weight excluding hydrogens is 102 g/mol. The lowest BCUT2D eigenvalue weighted by molar-refractivity contribution is -0.113. The molecule has 1 N–H and O–H groups in total. The van der Waals surface area contributed by atoms with Crippen LogP contribution in [-0.4, -0.2) is 12.3 Å². The molecule has 0 aromatic carbocycles. The topological polar surface area (TPSA) is 29.1 Å². The van der Waals surface area contributed by atoms with Gasteiger partial charge in [-0.1, -0.05) is 0 Å². The first-order valence-corrected chi connectivity index (χ1v) is 2.32. The Labute approximate surface area is 48.9 Å². The quantitative estimate of drug-likeness (QED) is 0.460. The molecule has 0 atom stereocenters. The van der Waals surface area contributed by atoms with E-state index in [4.69, 9.17) is 0 Å². The smallest absolute Gasteiger partial charge is 0.176 e. The number of hydrogen-bond acceptors (Lipinski definition) is 2. The van der Waals surface area contributed by atoms with Gasteiger partial charge in [0.25, 0.3) is 0 Å². The molecular formula is C6H9NO. The Hall–Kier alpha value is -1.05. The molecule has 0 aromatic heterocycles. The summed E-state index contributed by atoms with van der Waals surface area (Å²) in [4.78, 5) is 10.1. The van der Waals surface area contributed by atoms with Crippen molar-refractivity contribution in [2.24, 2.45) is 0 Å². The fourth-order valence-electron chi connectivity index (χ4n) is 0.370. The van der Waals surface area contributed by atoms with Gasteiger partial charge >= 0.3 is 0 Å². The lowest BCUT2D eigenvalue weighted by atomic mass is 10.4. The third-order valence-electron chi connectivity index (χ3n) is 0.663. The first-order valence-electron chi connectivity index (χ1n) is 2.32. The highest BCUT2D eigenvalue weighted by molar-refractivity contribution is 5.93. The molecule has 44 valence electrons. The second kappa shape index (κ2) is 4.12. The van der Waals surface area contributed by atoms with Crippen molar-refractivity contribution in [3.63, 3.8) is 0 Å². The molecule has 0 bridgehead atoms. The van der Waals surface area contributed by atoms with Gasteiger partial charge in [0.05, 0.1) is 6.54 Å². The lowest BCUT2D eigenvalue weighted by Gasteiger charge is -1.78. The second-order valence-electron chi connectivity index (χ2n) is 1.18. The maximum Gasteiger partial charge on any atom is 0.176 e. The highest BCUT2D eigenvalue weighted by Gasteiger charge is 1.96. The van der Waals surface area contributed by atoms with E-state index in [9.17, 15) is 4.79 Å². The number of carbonyl (C=O) groups excluding carboxylic acids is 1. The third kappa shape index (κ3) is 2.18. The molecule has 2 heteroatoms. The van der Waals surface area contributed by atoms with Crippen LogP contribution in [0.25, 0.3) is 0 Å². The molecule has 0 saturated carbocycles. The van der Waals surface area contributed by atoms with Crippen LogP contribution in [0.4, 0.5) is 0 Å². The average molecular weight is 111 g/mol. The van der Waals surface area contributed by atoms with Gasteiger partial charge in [0.1, 0.15) is 0 Å². The van der Waals surface area contributed by atoms with Gasteiger partial charge in [0.2, 0.25) is 0 Å². The van der Waals surface area contributed by atoms with E-state index in [0.29, 0.717) is 6.54 Å². The minimum atomic E-state index is 0.162. The number of rotatable bonds is 0. The van der Waals surface area contributed by atoms with Gasteiger partial charge in [0, 0.05) is 6.20 Å². The molecule has 0 aromatic rings. The van der Waals surface area contributed by atoms with Crippen LogP contribution >= 0.6 is 0 Å². The zero-order chi connectivity index (χ0) is 6.41. The van der Waals surface area contributed by atoms with Gasteiger partial charge in [0.15, 0.2) is 5.78 Å². The standard InChI is InChI=1S/C4H5NO.C2H4/c6-4-1-2-5-3-4;1-2/h1-2,5H,3H2;1-2H2. The Bertz CT molecular complexity index is 107. The van der Waals surface area contributed by atoms with Crippen LogP contribution in [0.1, 0.15) is 0 Å². The Morgan fingerprint density at radius 2 is 2.25 bits per heavy atom. The van der Waals surface area contributed by atoms with E-state index < -0.39 is 0 Å². The van der Waals surface area contributed by atoms with Crippen molar-refractivity contribution in [2.45, 2.75) is 0 Å². The normalized spacial score (nSPS) is 14.2. The van der Waals surface area contributed by atoms with Crippen molar-refractivity contribution in [1.29, 1.82) is 0 Å². The minimum Gasteiger partial charge on any atom is -0.383 e. The van der Waals surface area contributed by atoms with E-state index in [1.54, 1.807) is 6.20 Å². The summed E-state index contributed by atoms with van der Waals surface area (Å²) in [5.74, 6) is 0.162. The van der Waals surface area contributed by atoms with E-state index in [1.807, 2.05) is 0 Å². The predicted molar refractivity (Wildman–Crippen MR) is 33.4 cm³/mol. The first kappa shape index (κ1) is 6.95. The van der Waals surface area contributed by atoms with Gasteiger partial charge in [-0.3, -0.25) is 4.79 Å². The lowest BCUT2D eigenvalue weighted by Crippen LogP contribution is -2.06. The molecule has 0 spiro atoms. The van der Waals surface area contributed by atoms with E-state index in [1.165, 1.54) is 6.08 Å². The molecule has 8 heavy (non-hydrogen) atoms. The van der Waals surface area contributed by atoms with Gasteiger partial charge in [-0.25, -0.2) is 0 Å². The van der Waals surface area contributed by atoms with Gasteiger partial charge in [-0.2, -0.15) is 0 Å². The molecule has 1 rings (SSSR count). The monoisotopic (exact) mass is 111 g/mol. The summed E-state index contributed by atoms with van der Waals surface area (Å²) in [6.45, 7) is 6.49. The highest BCUT2D eigenvalue weighted by Crippen LogP contribution is 1.79. The maximum atomic E-state index is 10.1. The Balaban J connectivity index is 0.000000222. The summed E-state index contributed by atoms with van der Waals surface area (Å²) in [6.07, 6.45) is 3.18. The molecule has 1 aliphatic rings. The van der Waals surface area contributed by atoms with Crippen molar-refractivity contribution in [2.75, 3.05) is 6.54 Å². The van der Waals surface area contributed by atoms with E-state index in [-0.39, 0.29) is 5.78 Å². The number of carbonyl (C=O) groups is 1. The summed E-state index contributed by atoms with van der Waals surface area (Å²) < 4.78 is 0. The van der Waals surface area contributed by atoms with Crippen LogP contribution < -0.4 is 5.32 Å². The number of ketones is 1. The van der Waals surface area contributed by atoms with Crippen molar-refractivity contribution in [3.8, 4) is 0 Å². The minimum absolute atomic E-state index is 0.162. The summed E-state index contributed by atoms with van der Waals surface area (Å²) in [5, 5.41) is 2.74. The van der Waals surface area contributed by atoms with Crippen LogP contribution in [0.3, 0.4) is 0 Å². The molecule has 0 saturated heterocycles. The fourth-order valence-corrected chi connectivity index (χ4v) is 0.370. The molecule has 0 amide bonds. The molecule has 0 aliphatic carbocycles. The van der Waals surface area contributed by atoms with Crippen LogP contribution in [0.2, 0.25) is 0 Å². The zero-order valence-corrected chi connectivity index (χ0v) is 4.68. The SMILES string of the molecule is C=C.O=C1C=CNC1. The van der Waals surface area contributed by atoms with Gasteiger partial charge in [-0.15, -0.1) is 13.2 Å². The van der Waals surface area contributed by atoms with E-state index in [2.05, 4.69) is 18.5 Å². The maximum absolute atomic E-state index is 10.1. The largest absolute Gasteiger partial charge is 0.383 e. The molecule has 0 fully saturated rings. The third-order valence-corrected chi connectivity index (χ3v) is 0.663. The molecule has 1 heterocycles. The average Bonchev–Trinajstić information content (AvgIpc) is 2.24. The first-order chi connectivity index (χ1) is 3.89. The van der Waals surface area contributed by atoms with Crippen molar-refractivity contribution >= 4 is 5.78 Å². The Kier molecular flexibility index (Phi) is 3.58. The molecule has 0 unspecified atom stereocenters. The van der Waals surface area contributed by atoms with Crippen LogP contribution in [-0.2, 0) is 4.79 Å². The number of hydrogen-bond donors (Lipinski definition) is 1. The molecule has 2 nitrogen and oxygen atoms in total. The Morgan fingerprint density at radius 3 is 2.38 bits per heavy atom. The van der Waals surface area contributed by atoms with Gasteiger partial charge < -0.3 is 5.32 Å². The van der Waals surface area contributed by atoms with Crippen LogP contribution in [0, 0.1) is 0 Å². The fraction of sp³-hybridized carbons (Fsp3) is 0.167. The molecule has 0 radical (unpaired) electrons. The van der Waals surface area contributed by atoms with Crippen LogP contribution in [0.5, 0.6) is 0 Å². The predicted octanol–water partition coefficient (Wildman–Crippen LogP) is 0.475. The number of nitrogens with one attached hydrogen (secondary N) is 1. The summed E-state index contributed by atoms with van der Waals surface area (Å²) >= 11 is 0. The second-order valence-corrected chi connectivity index (χ2v) is 1.18. The van der Waals surface area contributed by atoms with Crippen molar-refractivity contribution in [3.05, 3.63) is 25.4 Å². The highest BCUT2D eigenvalue weighted by atomic mass is 16.1. The van der Waals surface area contributed by atoms with Gasteiger partial charge in [-0.05, 0) is 6.08 Å².